The van der Waals surface area contributed by atoms with Crippen LogP contribution in [0.4, 0.5) is 0 Å². The van der Waals surface area contributed by atoms with Gasteiger partial charge in [0.05, 0.1) is 5.75 Å². The van der Waals surface area contributed by atoms with Crippen molar-refractivity contribution >= 4 is 46.0 Å². The third kappa shape index (κ3) is 4.18. The Morgan fingerprint density at radius 1 is 1.00 bits per heavy atom. The van der Waals surface area contributed by atoms with Gasteiger partial charge < -0.3 is 10.5 Å². The summed E-state index contributed by atoms with van der Waals surface area (Å²) in [5, 5.41) is 2.51. The van der Waals surface area contributed by atoms with E-state index in [1.807, 2.05) is 42.5 Å². The molecule has 3 aromatic carbocycles. The molecule has 0 aliphatic carbocycles. The molecule has 1 atom stereocenters. The first-order valence-electron chi connectivity index (χ1n) is 7.90. The molecule has 26 heavy (non-hydrogen) atoms. The van der Waals surface area contributed by atoms with Crippen molar-refractivity contribution in [1.82, 2.24) is 0 Å². The van der Waals surface area contributed by atoms with E-state index in [-0.39, 0.29) is 5.75 Å². The van der Waals surface area contributed by atoms with Crippen LogP contribution in [-0.2, 0) is 14.3 Å². The van der Waals surface area contributed by atoms with Gasteiger partial charge >= 0.3 is 5.97 Å². The third-order valence-electron chi connectivity index (χ3n) is 3.77. The van der Waals surface area contributed by atoms with Crippen LogP contribution in [0, 0.1) is 0 Å². The highest BCUT2D eigenvalue weighted by atomic mass is 35.5. The Morgan fingerprint density at radius 2 is 1.69 bits per heavy atom. The van der Waals surface area contributed by atoms with Gasteiger partial charge in [-0.3, -0.25) is 9.59 Å². The third-order valence-corrected chi connectivity index (χ3v) is 5.12. The van der Waals surface area contributed by atoms with Crippen LogP contribution in [-0.4, -0.2) is 17.6 Å². The highest BCUT2D eigenvalue weighted by molar-refractivity contribution is 8.00. The van der Waals surface area contributed by atoms with Gasteiger partial charge in [0.2, 0.25) is 6.10 Å². The number of hydrogen-bond acceptors (Lipinski definition) is 4. The van der Waals surface area contributed by atoms with E-state index in [9.17, 15) is 9.59 Å². The maximum absolute atomic E-state index is 12.2. The Labute approximate surface area is 160 Å². The molecule has 0 aliphatic heterocycles. The smallest absolute Gasteiger partial charge is 0.317 e. The number of carbonyl (C=O) groups is 2. The minimum Gasteiger partial charge on any atom is -0.447 e. The Bertz CT molecular complexity index is 941. The van der Waals surface area contributed by atoms with Crippen molar-refractivity contribution in [3.05, 3.63) is 77.3 Å². The molecule has 0 heterocycles. The molecule has 132 valence electrons. The van der Waals surface area contributed by atoms with E-state index in [0.29, 0.717) is 10.6 Å². The lowest BCUT2D eigenvalue weighted by Gasteiger charge is -2.15. The number of rotatable bonds is 6. The number of fused-ring (bicyclic) bond motifs is 1. The quantitative estimate of drug-likeness (QED) is 0.505. The van der Waals surface area contributed by atoms with Crippen molar-refractivity contribution in [3.63, 3.8) is 0 Å². The molecule has 0 saturated carbocycles. The normalized spacial score (nSPS) is 11.9. The molecule has 3 aromatic rings. The number of nitrogens with two attached hydrogens (primary N) is 1. The van der Waals surface area contributed by atoms with Gasteiger partial charge in [0.25, 0.3) is 5.91 Å². The zero-order valence-corrected chi connectivity index (χ0v) is 15.3. The number of thioether (sulfide) groups is 1. The average Bonchev–Trinajstić information content (AvgIpc) is 2.65. The molecule has 0 radical (unpaired) electrons. The van der Waals surface area contributed by atoms with Crippen molar-refractivity contribution in [3.8, 4) is 0 Å². The predicted octanol–water partition coefficient (Wildman–Crippen LogP) is 4.36. The lowest BCUT2D eigenvalue weighted by Crippen LogP contribution is -2.26. The first-order valence-corrected chi connectivity index (χ1v) is 9.26. The van der Waals surface area contributed by atoms with Crippen LogP contribution in [0.5, 0.6) is 0 Å². The van der Waals surface area contributed by atoms with Gasteiger partial charge in [0, 0.05) is 20.9 Å². The van der Waals surface area contributed by atoms with Gasteiger partial charge in [-0.15, -0.1) is 11.8 Å². The van der Waals surface area contributed by atoms with E-state index in [4.69, 9.17) is 22.1 Å². The van der Waals surface area contributed by atoms with Gasteiger partial charge in [-0.05, 0) is 17.5 Å². The van der Waals surface area contributed by atoms with Crippen molar-refractivity contribution in [2.24, 2.45) is 5.73 Å². The number of carbonyl (C=O) groups excluding carboxylic acids is 2. The molecule has 0 aromatic heterocycles. The predicted molar refractivity (Wildman–Crippen MR) is 104 cm³/mol. The molecular weight excluding hydrogens is 370 g/mol. The standard InChI is InChI=1S/C20H16ClNO3S/c21-15-10-4-8-13-9-5-11-16(18(13)15)26-12-17(23)25-19(20(22)24)14-6-2-1-3-7-14/h1-11,19H,12H2,(H2,22,24). The van der Waals surface area contributed by atoms with Crippen molar-refractivity contribution in [1.29, 1.82) is 0 Å². The second-order valence-electron chi connectivity index (χ2n) is 5.57. The monoisotopic (exact) mass is 385 g/mol. The molecule has 4 nitrogen and oxygen atoms in total. The first-order chi connectivity index (χ1) is 12.6. The van der Waals surface area contributed by atoms with E-state index in [1.165, 1.54) is 11.8 Å². The molecule has 0 saturated heterocycles. The molecule has 2 N–H and O–H groups in total. The van der Waals surface area contributed by atoms with Crippen molar-refractivity contribution < 1.29 is 14.3 Å². The van der Waals surface area contributed by atoms with Gasteiger partial charge in [0.1, 0.15) is 0 Å². The Kier molecular flexibility index (Phi) is 5.81. The summed E-state index contributed by atoms with van der Waals surface area (Å²) in [6.45, 7) is 0. The summed E-state index contributed by atoms with van der Waals surface area (Å²) in [6.07, 6.45) is -1.10. The molecule has 1 amide bonds. The minimum absolute atomic E-state index is 0.0426. The van der Waals surface area contributed by atoms with Gasteiger partial charge in [-0.1, -0.05) is 66.2 Å². The van der Waals surface area contributed by atoms with Crippen LogP contribution in [0.25, 0.3) is 10.8 Å². The molecule has 0 fully saturated rings. The number of halogens is 1. The van der Waals surface area contributed by atoms with Crippen molar-refractivity contribution in [2.45, 2.75) is 11.0 Å². The lowest BCUT2D eigenvalue weighted by molar-refractivity contribution is -0.152. The number of primary amides is 1. The highest BCUT2D eigenvalue weighted by Gasteiger charge is 2.22. The molecular formula is C20H16ClNO3S. The second-order valence-corrected chi connectivity index (χ2v) is 6.99. The molecule has 0 aliphatic rings. The summed E-state index contributed by atoms with van der Waals surface area (Å²) in [7, 11) is 0. The van der Waals surface area contributed by atoms with Crippen LogP contribution in [0.1, 0.15) is 11.7 Å². The summed E-state index contributed by atoms with van der Waals surface area (Å²) < 4.78 is 5.29. The fraction of sp³-hybridized carbons (Fsp3) is 0.100. The molecule has 0 spiro atoms. The molecule has 3 rings (SSSR count). The number of esters is 1. The van der Waals surface area contributed by atoms with E-state index < -0.39 is 18.0 Å². The fourth-order valence-electron chi connectivity index (χ4n) is 2.60. The maximum Gasteiger partial charge on any atom is 0.317 e. The SMILES string of the molecule is NC(=O)C(OC(=O)CSc1cccc2cccc(Cl)c12)c1ccccc1. The van der Waals surface area contributed by atoms with Crippen molar-refractivity contribution in [2.75, 3.05) is 5.75 Å². The highest BCUT2D eigenvalue weighted by Crippen LogP contribution is 2.33. The number of hydrogen-bond donors (Lipinski definition) is 1. The van der Waals surface area contributed by atoms with Crippen LogP contribution in [0.2, 0.25) is 5.02 Å². The number of amides is 1. The number of benzene rings is 3. The van der Waals surface area contributed by atoms with Crippen LogP contribution in [0.3, 0.4) is 0 Å². The van der Waals surface area contributed by atoms with E-state index >= 15 is 0 Å². The minimum atomic E-state index is -1.10. The van der Waals surface area contributed by atoms with Crippen LogP contribution >= 0.6 is 23.4 Å². The Morgan fingerprint density at radius 3 is 2.38 bits per heavy atom. The molecule has 1 unspecified atom stereocenters. The largest absolute Gasteiger partial charge is 0.447 e. The first kappa shape index (κ1) is 18.3. The maximum atomic E-state index is 12.2. The summed E-state index contributed by atoms with van der Waals surface area (Å²) in [5.74, 6) is -1.18. The molecule has 6 heteroatoms. The summed E-state index contributed by atoms with van der Waals surface area (Å²) >= 11 is 7.60. The Hall–Kier alpha value is -2.50. The number of ether oxygens (including phenoxy) is 1. The summed E-state index contributed by atoms with van der Waals surface area (Å²) in [4.78, 5) is 24.8. The average molecular weight is 386 g/mol. The Balaban J connectivity index is 1.72. The van der Waals surface area contributed by atoms with E-state index in [0.717, 1.165) is 15.7 Å². The van der Waals surface area contributed by atoms with E-state index in [1.54, 1.807) is 24.3 Å². The second kappa shape index (κ2) is 8.25. The van der Waals surface area contributed by atoms with Gasteiger partial charge in [0.15, 0.2) is 0 Å². The zero-order chi connectivity index (χ0) is 18.5. The summed E-state index contributed by atoms with van der Waals surface area (Å²) in [6, 6.07) is 20.1. The van der Waals surface area contributed by atoms with E-state index in [2.05, 4.69) is 0 Å². The fourth-order valence-corrected chi connectivity index (χ4v) is 3.83. The van der Waals surface area contributed by atoms with Gasteiger partial charge in [-0.2, -0.15) is 0 Å². The van der Waals surface area contributed by atoms with Crippen LogP contribution < -0.4 is 5.73 Å². The zero-order valence-electron chi connectivity index (χ0n) is 13.7. The van der Waals surface area contributed by atoms with Gasteiger partial charge in [-0.25, -0.2) is 0 Å². The topological polar surface area (TPSA) is 69.4 Å². The molecule has 0 bridgehead atoms. The van der Waals surface area contributed by atoms with Crippen LogP contribution in [0.15, 0.2) is 71.6 Å². The summed E-state index contributed by atoms with van der Waals surface area (Å²) in [5.41, 5.74) is 5.93. The lowest BCUT2D eigenvalue weighted by atomic mass is 10.1.